The zero-order valence-electron chi connectivity index (χ0n) is 20.4. The molecule has 1 aromatic carbocycles. The molecular formula is C27H26ClN7O2. The molecule has 5 rings (SSSR count). The fourth-order valence-electron chi connectivity index (χ4n) is 3.94. The van der Waals surface area contributed by atoms with Crippen LogP contribution in [0.4, 0.5) is 5.82 Å². The fourth-order valence-corrected chi connectivity index (χ4v) is 4.07. The first-order valence-corrected chi connectivity index (χ1v) is 12.2. The summed E-state index contributed by atoms with van der Waals surface area (Å²) in [4.78, 5) is 17.4. The molecule has 0 saturated carbocycles. The van der Waals surface area contributed by atoms with Gasteiger partial charge in [0, 0.05) is 41.6 Å². The number of benzene rings is 1. The van der Waals surface area contributed by atoms with Crippen molar-refractivity contribution < 1.29 is 9.90 Å². The van der Waals surface area contributed by atoms with Crippen molar-refractivity contribution in [3.05, 3.63) is 94.9 Å². The summed E-state index contributed by atoms with van der Waals surface area (Å²) >= 11 is 6.01. The molecule has 1 unspecified atom stereocenters. The molecule has 0 bridgehead atoms. The van der Waals surface area contributed by atoms with E-state index in [-0.39, 0.29) is 12.5 Å². The minimum Gasteiger partial charge on any atom is -0.392 e. The van der Waals surface area contributed by atoms with Gasteiger partial charge in [-0.2, -0.15) is 5.10 Å². The van der Waals surface area contributed by atoms with E-state index >= 15 is 0 Å². The Morgan fingerprint density at radius 2 is 1.95 bits per heavy atom. The van der Waals surface area contributed by atoms with Crippen LogP contribution in [0.3, 0.4) is 0 Å². The summed E-state index contributed by atoms with van der Waals surface area (Å²) in [6, 6.07) is 19.2. The van der Waals surface area contributed by atoms with Crippen molar-refractivity contribution in [2.75, 3.05) is 11.9 Å². The lowest BCUT2D eigenvalue weighted by molar-refractivity contribution is 0.0925. The molecule has 37 heavy (non-hydrogen) atoms. The standard InChI is InChI=1S/C27H26ClN7O2/c1-17-4-3-5-26(32-17)35-23(13-25(33-35)29-15-19-6-8-21(28)9-7-19)20-10-11-34-24(12-20)22(16-31-34)27(37)30-14-18(2)36/h3-13,16,18,36H,14-15H2,1-2H3,(H,29,33)(H,30,37). The number of aliphatic hydroxyl groups is 1. The van der Waals surface area contributed by atoms with Gasteiger partial charge in [-0.15, -0.1) is 5.10 Å². The summed E-state index contributed by atoms with van der Waals surface area (Å²) in [5, 5.41) is 25.4. The molecule has 4 aromatic heterocycles. The lowest BCUT2D eigenvalue weighted by Crippen LogP contribution is -2.30. The first kappa shape index (κ1) is 24.5. The van der Waals surface area contributed by atoms with E-state index in [2.05, 4.69) is 20.7 Å². The molecule has 0 aliphatic rings. The first-order valence-electron chi connectivity index (χ1n) is 11.8. The van der Waals surface area contributed by atoms with Gasteiger partial charge < -0.3 is 15.7 Å². The van der Waals surface area contributed by atoms with E-state index in [0.717, 1.165) is 22.5 Å². The number of aryl methyl sites for hydroxylation is 1. The van der Waals surface area contributed by atoms with Crippen LogP contribution in [-0.4, -0.2) is 48.0 Å². The summed E-state index contributed by atoms with van der Waals surface area (Å²) in [6.07, 6.45) is 2.68. The molecule has 3 N–H and O–H groups in total. The van der Waals surface area contributed by atoms with E-state index in [9.17, 15) is 9.90 Å². The number of carbonyl (C=O) groups excluding carboxylic acids is 1. The van der Waals surface area contributed by atoms with Gasteiger partial charge in [-0.1, -0.05) is 29.8 Å². The number of rotatable bonds is 8. The Morgan fingerprint density at radius 1 is 1.14 bits per heavy atom. The van der Waals surface area contributed by atoms with Crippen LogP contribution in [0.2, 0.25) is 5.02 Å². The average Bonchev–Trinajstić information content (AvgIpc) is 3.51. The van der Waals surface area contributed by atoms with E-state index in [1.807, 2.05) is 67.6 Å². The minimum absolute atomic E-state index is 0.157. The SMILES string of the molecule is Cc1cccc(-n2nc(NCc3ccc(Cl)cc3)cc2-c2ccn3ncc(C(=O)NCC(C)O)c3c2)n1. The van der Waals surface area contributed by atoms with Crippen LogP contribution in [0.5, 0.6) is 0 Å². The first-order chi connectivity index (χ1) is 17.9. The molecule has 1 atom stereocenters. The van der Waals surface area contributed by atoms with Gasteiger partial charge >= 0.3 is 0 Å². The molecule has 0 fully saturated rings. The van der Waals surface area contributed by atoms with Gasteiger partial charge in [0.15, 0.2) is 5.82 Å². The number of anilines is 1. The largest absolute Gasteiger partial charge is 0.392 e. The van der Waals surface area contributed by atoms with Gasteiger partial charge in [-0.05, 0) is 55.8 Å². The Balaban J connectivity index is 1.52. The third-order valence-electron chi connectivity index (χ3n) is 5.81. The van der Waals surface area contributed by atoms with Crippen molar-refractivity contribution in [3.63, 3.8) is 0 Å². The van der Waals surface area contributed by atoms with Crippen LogP contribution in [-0.2, 0) is 6.54 Å². The minimum atomic E-state index is -0.642. The van der Waals surface area contributed by atoms with Crippen molar-refractivity contribution >= 4 is 28.8 Å². The van der Waals surface area contributed by atoms with Crippen molar-refractivity contribution in [2.45, 2.75) is 26.5 Å². The number of pyridine rings is 2. The lowest BCUT2D eigenvalue weighted by atomic mass is 10.1. The Kier molecular flexibility index (Phi) is 6.89. The number of fused-ring (bicyclic) bond motifs is 1. The van der Waals surface area contributed by atoms with Crippen LogP contribution in [0.15, 0.2) is 73.1 Å². The molecule has 4 heterocycles. The molecule has 9 nitrogen and oxygen atoms in total. The van der Waals surface area contributed by atoms with Gasteiger partial charge in [0.05, 0.1) is 29.1 Å². The number of nitrogens with one attached hydrogen (secondary N) is 2. The highest BCUT2D eigenvalue weighted by Crippen LogP contribution is 2.28. The summed E-state index contributed by atoms with van der Waals surface area (Å²) in [5.41, 5.74) is 4.65. The highest BCUT2D eigenvalue weighted by Gasteiger charge is 2.17. The molecule has 10 heteroatoms. The maximum Gasteiger partial charge on any atom is 0.255 e. The number of hydrogen-bond donors (Lipinski definition) is 3. The normalized spacial score (nSPS) is 12.0. The Labute approximate surface area is 218 Å². The van der Waals surface area contributed by atoms with Crippen LogP contribution in [0, 0.1) is 6.92 Å². The molecule has 188 valence electrons. The van der Waals surface area contributed by atoms with Crippen LogP contribution in [0.1, 0.15) is 28.5 Å². The van der Waals surface area contributed by atoms with Crippen LogP contribution < -0.4 is 10.6 Å². The number of halogens is 1. The van der Waals surface area contributed by atoms with E-state index in [0.29, 0.717) is 34.3 Å². The van der Waals surface area contributed by atoms with Crippen molar-refractivity contribution in [1.29, 1.82) is 0 Å². The molecule has 0 saturated heterocycles. The van der Waals surface area contributed by atoms with Crippen LogP contribution >= 0.6 is 11.6 Å². The number of aliphatic hydroxyl groups excluding tert-OH is 1. The Morgan fingerprint density at radius 3 is 2.70 bits per heavy atom. The third kappa shape index (κ3) is 5.47. The number of amides is 1. The van der Waals surface area contributed by atoms with E-state index in [1.165, 1.54) is 6.20 Å². The molecule has 0 aliphatic carbocycles. The molecule has 5 aromatic rings. The predicted molar refractivity (Wildman–Crippen MR) is 143 cm³/mol. The van der Waals surface area contributed by atoms with Gasteiger partial charge in [0.25, 0.3) is 5.91 Å². The summed E-state index contributed by atoms with van der Waals surface area (Å²) in [6.45, 7) is 4.28. The number of nitrogens with zero attached hydrogens (tertiary/aromatic N) is 5. The highest BCUT2D eigenvalue weighted by molar-refractivity contribution is 6.30. The second-order valence-electron chi connectivity index (χ2n) is 8.81. The average molecular weight is 516 g/mol. The smallest absolute Gasteiger partial charge is 0.255 e. The second-order valence-corrected chi connectivity index (χ2v) is 9.24. The quantitative estimate of drug-likeness (QED) is 0.285. The van der Waals surface area contributed by atoms with Crippen molar-refractivity contribution in [2.24, 2.45) is 0 Å². The van der Waals surface area contributed by atoms with E-state index in [4.69, 9.17) is 16.7 Å². The van der Waals surface area contributed by atoms with Crippen LogP contribution in [0.25, 0.3) is 22.6 Å². The van der Waals surface area contributed by atoms with Gasteiger partial charge in [0.2, 0.25) is 0 Å². The maximum atomic E-state index is 12.7. The molecular weight excluding hydrogens is 490 g/mol. The van der Waals surface area contributed by atoms with Gasteiger partial charge in [-0.3, -0.25) is 4.79 Å². The van der Waals surface area contributed by atoms with E-state index < -0.39 is 6.10 Å². The zero-order valence-corrected chi connectivity index (χ0v) is 21.1. The molecule has 0 spiro atoms. The summed E-state index contributed by atoms with van der Waals surface area (Å²) < 4.78 is 3.43. The second kappa shape index (κ2) is 10.4. The molecule has 0 aliphatic heterocycles. The summed E-state index contributed by atoms with van der Waals surface area (Å²) in [7, 11) is 0. The fraction of sp³-hybridized carbons (Fsp3) is 0.185. The zero-order chi connectivity index (χ0) is 25.9. The monoisotopic (exact) mass is 515 g/mol. The topological polar surface area (TPSA) is 109 Å². The Bertz CT molecular complexity index is 1560. The third-order valence-corrected chi connectivity index (χ3v) is 6.06. The van der Waals surface area contributed by atoms with Gasteiger partial charge in [-0.25, -0.2) is 14.2 Å². The molecule has 0 radical (unpaired) electrons. The number of carbonyl (C=O) groups is 1. The molecule has 1 amide bonds. The maximum absolute atomic E-state index is 12.7. The number of hydrogen-bond acceptors (Lipinski definition) is 6. The van der Waals surface area contributed by atoms with Crippen molar-refractivity contribution in [3.8, 4) is 17.1 Å². The van der Waals surface area contributed by atoms with Gasteiger partial charge in [0.1, 0.15) is 5.82 Å². The summed E-state index contributed by atoms with van der Waals surface area (Å²) in [5.74, 6) is 1.06. The Hall–Kier alpha value is -4.21. The lowest BCUT2D eigenvalue weighted by Gasteiger charge is -2.09. The van der Waals surface area contributed by atoms with Crippen molar-refractivity contribution in [1.82, 2.24) is 29.7 Å². The highest BCUT2D eigenvalue weighted by atomic mass is 35.5. The number of aromatic nitrogens is 5. The predicted octanol–water partition coefficient (Wildman–Crippen LogP) is 4.27. The van der Waals surface area contributed by atoms with E-state index in [1.54, 1.807) is 22.3 Å².